The van der Waals surface area contributed by atoms with Gasteiger partial charge >= 0.3 is 0 Å². The maximum atomic E-state index is 13.3. The molecule has 26 heavy (non-hydrogen) atoms. The number of halogens is 2. The van der Waals surface area contributed by atoms with E-state index in [1.54, 1.807) is 0 Å². The quantitative estimate of drug-likeness (QED) is 0.770. The van der Waals surface area contributed by atoms with Gasteiger partial charge in [0.05, 0.1) is 9.92 Å². The molecule has 1 aliphatic carbocycles. The monoisotopic (exact) mass is 399 g/mol. The van der Waals surface area contributed by atoms with E-state index >= 15 is 0 Å². The molecule has 0 radical (unpaired) electrons. The summed E-state index contributed by atoms with van der Waals surface area (Å²) in [4.78, 5) is 4.44. The standard InChI is InChI=1S/C17H19ClFN3O3S/c18-14-9-13(5-6-15(14)19)26(23,24)22-7-1-2-11(10-22)8-16-20-17(21-25-16)12-3-4-12/h5-6,9,11-12H,1-4,7-8,10H2/t11-/m0/s1. The van der Waals surface area contributed by atoms with E-state index in [0.717, 1.165) is 43.6 Å². The molecule has 1 aromatic carbocycles. The highest BCUT2D eigenvalue weighted by atomic mass is 35.5. The SMILES string of the molecule is O=S(=O)(c1ccc(F)c(Cl)c1)N1CCC[C@@H](Cc2nc(C3CC3)no2)C1. The second-order valence-electron chi connectivity index (χ2n) is 6.97. The summed E-state index contributed by atoms with van der Waals surface area (Å²) < 4.78 is 45.8. The van der Waals surface area contributed by atoms with Crippen LogP contribution < -0.4 is 0 Å². The van der Waals surface area contributed by atoms with Gasteiger partial charge in [-0.2, -0.15) is 9.29 Å². The molecule has 1 saturated heterocycles. The first kappa shape index (κ1) is 17.9. The molecule has 2 aromatic rings. The van der Waals surface area contributed by atoms with Crippen molar-refractivity contribution in [2.24, 2.45) is 5.92 Å². The molecule has 1 atom stereocenters. The summed E-state index contributed by atoms with van der Waals surface area (Å²) in [6, 6.07) is 3.49. The Labute approximate surface area is 156 Å². The third kappa shape index (κ3) is 3.63. The van der Waals surface area contributed by atoms with E-state index in [4.69, 9.17) is 16.1 Å². The van der Waals surface area contributed by atoms with Gasteiger partial charge in [-0.15, -0.1) is 0 Å². The van der Waals surface area contributed by atoms with E-state index in [1.165, 1.54) is 10.4 Å². The van der Waals surface area contributed by atoms with Gasteiger partial charge in [-0.25, -0.2) is 12.8 Å². The van der Waals surface area contributed by atoms with Crippen molar-refractivity contribution in [3.63, 3.8) is 0 Å². The first-order valence-corrected chi connectivity index (χ1v) is 10.5. The predicted molar refractivity (Wildman–Crippen MR) is 92.9 cm³/mol. The Balaban J connectivity index is 1.47. The molecule has 1 saturated carbocycles. The van der Waals surface area contributed by atoms with Crippen molar-refractivity contribution >= 4 is 21.6 Å². The summed E-state index contributed by atoms with van der Waals surface area (Å²) >= 11 is 5.74. The van der Waals surface area contributed by atoms with Gasteiger partial charge in [0.2, 0.25) is 15.9 Å². The molecular formula is C17H19ClFN3O3S. The molecule has 0 N–H and O–H groups in total. The van der Waals surface area contributed by atoms with Crippen LogP contribution in [0.5, 0.6) is 0 Å². The highest BCUT2D eigenvalue weighted by Crippen LogP contribution is 2.38. The van der Waals surface area contributed by atoms with Crippen molar-refractivity contribution in [3.05, 3.63) is 40.8 Å². The minimum Gasteiger partial charge on any atom is -0.339 e. The number of nitrogens with zero attached hydrogens (tertiary/aromatic N) is 3. The smallest absolute Gasteiger partial charge is 0.243 e. The van der Waals surface area contributed by atoms with Crippen LogP contribution in [0.15, 0.2) is 27.6 Å². The highest BCUT2D eigenvalue weighted by Gasteiger charge is 2.33. The van der Waals surface area contributed by atoms with Gasteiger partial charge in [-0.1, -0.05) is 16.8 Å². The molecule has 0 bridgehead atoms. The lowest BCUT2D eigenvalue weighted by molar-refractivity contribution is 0.247. The number of hydrogen-bond donors (Lipinski definition) is 0. The zero-order valence-electron chi connectivity index (χ0n) is 14.1. The zero-order valence-corrected chi connectivity index (χ0v) is 15.6. The van der Waals surface area contributed by atoms with E-state index in [9.17, 15) is 12.8 Å². The number of aromatic nitrogens is 2. The normalized spacial score (nSPS) is 21.8. The molecule has 2 aliphatic rings. The fraction of sp³-hybridized carbons (Fsp3) is 0.529. The largest absolute Gasteiger partial charge is 0.339 e. The molecule has 0 amide bonds. The number of hydrogen-bond acceptors (Lipinski definition) is 5. The van der Waals surface area contributed by atoms with Crippen LogP contribution in [-0.4, -0.2) is 36.0 Å². The van der Waals surface area contributed by atoms with Crippen molar-refractivity contribution in [1.82, 2.24) is 14.4 Å². The summed E-state index contributed by atoms with van der Waals surface area (Å²) in [6.45, 7) is 0.809. The maximum absolute atomic E-state index is 13.3. The molecule has 1 aromatic heterocycles. The Morgan fingerprint density at radius 3 is 2.85 bits per heavy atom. The van der Waals surface area contributed by atoms with Crippen LogP contribution in [0.4, 0.5) is 4.39 Å². The van der Waals surface area contributed by atoms with Gasteiger partial charge < -0.3 is 4.52 Å². The summed E-state index contributed by atoms with van der Waals surface area (Å²) in [5, 5.41) is 3.81. The van der Waals surface area contributed by atoms with Gasteiger partial charge in [-0.05, 0) is 49.8 Å². The highest BCUT2D eigenvalue weighted by molar-refractivity contribution is 7.89. The molecule has 140 valence electrons. The molecule has 2 heterocycles. The van der Waals surface area contributed by atoms with Gasteiger partial charge in [0.15, 0.2) is 5.82 Å². The van der Waals surface area contributed by atoms with Gasteiger partial charge in [0.25, 0.3) is 0 Å². The molecule has 2 fully saturated rings. The van der Waals surface area contributed by atoms with E-state index < -0.39 is 15.8 Å². The number of benzene rings is 1. The van der Waals surface area contributed by atoms with E-state index in [2.05, 4.69) is 10.1 Å². The van der Waals surface area contributed by atoms with Crippen LogP contribution in [-0.2, 0) is 16.4 Å². The van der Waals surface area contributed by atoms with Gasteiger partial charge in [0.1, 0.15) is 5.82 Å². The summed E-state index contributed by atoms with van der Waals surface area (Å²) in [6.07, 6.45) is 4.43. The number of piperidine rings is 1. The number of rotatable bonds is 5. The van der Waals surface area contributed by atoms with Gasteiger partial charge in [-0.3, -0.25) is 0 Å². The molecule has 0 unspecified atom stereocenters. The Morgan fingerprint density at radius 2 is 2.12 bits per heavy atom. The predicted octanol–water partition coefficient (Wildman–Crippen LogP) is 3.38. The lowest BCUT2D eigenvalue weighted by Crippen LogP contribution is -2.40. The van der Waals surface area contributed by atoms with E-state index in [0.29, 0.717) is 31.3 Å². The second kappa shape index (κ2) is 6.90. The minimum atomic E-state index is -3.71. The number of sulfonamides is 1. The van der Waals surface area contributed by atoms with Crippen molar-refractivity contribution < 1.29 is 17.3 Å². The summed E-state index contributed by atoms with van der Waals surface area (Å²) in [7, 11) is -3.71. The van der Waals surface area contributed by atoms with Crippen LogP contribution in [0.2, 0.25) is 5.02 Å². The van der Waals surface area contributed by atoms with Crippen LogP contribution in [0.25, 0.3) is 0 Å². The summed E-state index contributed by atoms with van der Waals surface area (Å²) in [5.41, 5.74) is 0. The summed E-state index contributed by atoms with van der Waals surface area (Å²) in [5.74, 6) is 1.24. The van der Waals surface area contributed by atoms with Crippen molar-refractivity contribution in [1.29, 1.82) is 0 Å². The Bertz CT molecular complexity index is 914. The van der Waals surface area contributed by atoms with Crippen LogP contribution >= 0.6 is 11.6 Å². The fourth-order valence-electron chi connectivity index (χ4n) is 3.30. The average Bonchev–Trinajstić information content (AvgIpc) is 3.37. The zero-order chi connectivity index (χ0) is 18.3. The molecule has 6 nitrogen and oxygen atoms in total. The van der Waals surface area contributed by atoms with Crippen LogP contribution in [0.3, 0.4) is 0 Å². The first-order valence-electron chi connectivity index (χ1n) is 8.71. The van der Waals surface area contributed by atoms with Crippen LogP contribution in [0.1, 0.15) is 43.3 Å². The minimum absolute atomic E-state index is 0.0124. The Kier molecular flexibility index (Phi) is 4.75. The maximum Gasteiger partial charge on any atom is 0.243 e. The second-order valence-corrected chi connectivity index (χ2v) is 9.32. The lowest BCUT2D eigenvalue weighted by atomic mass is 9.96. The fourth-order valence-corrected chi connectivity index (χ4v) is 5.13. The molecular weight excluding hydrogens is 381 g/mol. The molecule has 9 heteroatoms. The third-order valence-electron chi connectivity index (χ3n) is 4.90. The van der Waals surface area contributed by atoms with Crippen molar-refractivity contribution in [3.8, 4) is 0 Å². The third-order valence-corrected chi connectivity index (χ3v) is 7.05. The molecule has 0 spiro atoms. The Hall–Kier alpha value is -1.51. The van der Waals surface area contributed by atoms with Crippen molar-refractivity contribution in [2.45, 2.75) is 42.9 Å². The molecule has 4 rings (SSSR count). The average molecular weight is 400 g/mol. The van der Waals surface area contributed by atoms with Gasteiger partial charge in [0, 0.05) is 25.4 Å². The van der Waals surface area contributed by atoms with E-state index in [-0.39, 0.29) is 15.8 Å². The first-order chi connectivity index (χ1) is 12.4. The topological polar surface area (TPSA) is 76.3 Å². The molecule has 1 aliphatic heterocycles. The van der Waals surface area contributed by atoms with Crippen molar-refractivity contribution in [2.75, 3.05) is 13.1 Å². The van der Waals surface area contributed by atoms with Crippen LogP contribution in [0, 0.1) is 11.7 Å². The lowest BCUT2D eigenvalue weighted by Gasteiger charge is -2.31. The Morgan fingerprint density at radius 1 is 1.31 bits per heavy atom. The van der Waals surface area contributed by atoms with E-state index in [1.807, 2.05) is 0 Å².